The van der Waals surface area contributed by atoms with Crippen LogP contribution >= 0.6 is 0 Å². The predicted molar refractivity (Wildman–Crippen MR) is 85.4 cm³/mol. The number of nitrogens with two attached hydrogens (primary N) is 1. The highest BCUT2D eigenvalue weighted by atomic mass is 15.2. The van der Waals surface area contributed by atoms with E-state index >= 15 is 0 Å². The molecular weight excluding hydrogens is 232 g/mol. The van der Waals surface area contributed by atoms with Crippen molar-refractivity contribution in [3.8, 4) is 0 Å². The second kappa shape index (κ2) is 8.26. The molecule has 0 amide bonds. The SMILES string of the molecule is CCCCCC(CN)N1CCCC(C(C)(C)C)CC1. The zero-order valence-electron chi connectivity index (χ0n) is 13.8. The molecule has 0 aromatic rings. The van der Waals surface area contributed by atoms with Crippen LogP contribution in [0.25, 0.3) is 0 Å². The van der Waals surface area contributed by atoms with Crippen molar-refractivity contribution in [2.45, 2.75) is 78.7 Å². The third-order valence-electron chi connectivity index (χ3n) is 4.92. The summed E-state index contributed by atoms with van der Waals surface area (Å²) in [6.45, 7) is 12.8. The van der Waals surface area contributed by atoms with Crippen molar-refractivity contribution in [1.29, 1.82) is 0 Å². The van der Waals surface area contributed by atoms with Crippen molar-refractivity contribution >= 4 is 0 Å². The molecule has 0 spiro atoms. The highest BCUT2D eigenvalue weighted by Crippen LogP contribution is 2.34. The zero-order valence-corrected chi connectivity index (χ0v) is 13.8. The summed E-state index contributed by atoms with van der Waals surface area (Å²) < 4.78 is 0. The van der Waals surface area contributed by atoms with Crippen molar-refractivity contribution in [3.63, 3.8) is 0 Å². The van der Waals surface area contributed by atoms with Crippen LogP contribution in [-0.4, -0.2) is 30.6 Å². The fraction of sp³-hybridized carbons (Fsp3) is 1.00. The fourth-order valence-electron chi connectivity index (χ4n) is 3.43. The highest BCUT2D eigenvalue weighted by molar-refractivity contribution is 4.82. The molecular formula is C17H36N2. The predicted octanol–water partition coefficient (Wildman–Crippen LogP) is 4.04. The molecule has 1 fully saturated rings. The van der Waals surface area contributed by atoms with E-state index in [4.69, 9.17) is 5.73 Å². The van der Waals surface area contributed by atoms with Gasteiger partial charge in [-0.3, -0.25) is 4.90 Å². The van der Waals surface area contributed by atoms with E-state index in [0.29, 0.717) is 11.5 Å². The van der Waals surface area contributed by atoms with Gasteiger partial charge in [-0.25, -0.2) is 0 Å². The molecule has 2 unspecified atom stereocenters. The monoisotopic (exact) mass is 268 g/mol. The van der Waals surface area contributed by atoms with Gasteiger partial charge in [0.1, 0.15) is 0 Å². The molecule has 0 saturated carbocycles. The van der Waals surface area contributed by atoms with Crippen LogP contribution in [0.2, 0.25) is 0 Å². The molecule has 1 aliphatic heterocycles. The molecule has 0 aromatic carbocycles. The van der Waals surface area contributed by atoms with Gasteiger partial charge in [-0.15, -0.1) is 0 Å². The number of nitrogens with zero attached hydrogens (tertiary/aromatic N) is 1. The highest BCUT2D eigenvalue weighted by Gasteiger charge is 2.28. The molecule has 2 nitrogen and oxygen atoms in total. The molecule has 1 saturated heterocycles. The maximum absolute atomic E-state index is 6.02. The maximum atomic E-state index is 6.02. The van der Waals surface area contributed by atoms with Gasteiger partial charge in [0.15, 0.2) is 0 Å². The molecule has 2 N–H and O–H groups in total. The molecule has 2 atom stereocenters. The molecule has 0 bridgehead atoms. The van der Waals surface area contributed by atoms with Crippen LogP contribution in [0.4, 0.5) is 0 Å². The van der Waals surface area contributed by atoms with Crippen LogP contribution in [0.15, 0.2) is 0 Å². The third-order valence-corrected chi connectivity index (χ3v) is 4.92. The lowest BCUT2D eigenvalue weighted by Crippen LogP contribution is -2.41. The van der Waals surface area contributed by atoms with Gasteiger partial charge in [0.2, 0.25) is 0 Å². The summed E-state index contributed by atoms with van der Waals surface area (Å²) in [7, 11) is 0. The Morgan fingerprint density at radius 1 is 1.16 bits per heavy atom. The Kier molecular flexibility index (Phi) is 7.38. The second-order valence-electron chi connectivity index (χ2n) is 7.42. The Morgan fingerprint density at radius 2 is 1.89 bits per heavy atom. The summed E-state index contributed by atoms with van der Waals surface area (Å²) in [5.74, 6) is 0.881. The van der Waals surface area contributed by atoms with Crippen molar-refractivity contribution in [1.82, 2.24) is 4.90 Å². The topological polar surface area (TPSA) is 29.3 Å². The first-order chi connectivity index (χ1) is 8.99. The zero-order chi connectivity index (χ0) is 14.3. The molecule has 1 rings (SSSR count). The van der Waals surface area contributed by atoms with E-state index in [2.05, 4.69) is 32.6 Å². The van der Waals surface area contributed by atoms with E-state index in [9.17, 15) is 0 Å². The normalized spacial score (nSPS) is 24.2. The number of hydrogen-bond acceptors (Lipinski definition) is 2. The van der Waals surface area contributed by atoms with Crippen molar-refractivity contribution in [2.75, 3.05) is 19.6 Å². The fourth-order valence-corrected chi connectivity index (χ4v) is 3.43. The summed E-state index contributed by atoms with van der Waals surface area (Å²) >= 11 is 0. The largest absolute Gasteiger partial charge is 0.329 e. The van der Waals surface area contributed by atoms with E-state index in [0.717, 1.165) is 12.5 Å². The lowest BCUT2D eigenvalue weighted by molar-refractivity contribution is 0.176. The van der Waals surface area contributed by atoms with Gasteiger partial charge in [0, 0.05) is 12.6 Å². The van der Waals surface area contributed by atoms with Crippen LogP contribution < -0.4 is 5.73 Å². The molecule has 114 valence electrons. The Morgan fingerprint density at radius 3 is 2.47 bits per heavy atom. The van der Waals surface area contributed by atoms with Gasteiger partial charge in [0.25, 0.3) is 0 Å². The molecule has 1 aliphatic rings. The summed E-state index contributed by atoms with van der Waals surface area (Å²) in [6.07, 6.45) is 9.41. The molecule has 1 heterocycles. The van der Waals surface area contributed by atoms with Crippen LogP contribution in [0.3, 0.4) is 0 Å². The summed E-state index contributed by atoms with van der Waals surface area (Å²) in [4.78, 5) is 2.68. The number of unbranched alkanes of at least 4 members (excludes halogenated alkanes) is 2. The summed E-state index contributed by atoms with van der Waals surface area (Å²) in [6, 6.07) is 0.630. The van der Waals surface area contributed by atoms with Gasteiger partial charge in [-0.1, -0.05) is 47.0 Å². The minimum absolute atomic E-state index is 0.469. The molecule has 0 radical (unpaired) electrons. The Bertz CT molecular complexity index is 232. The van der Waals surface area contributed by atoms with Gasteiger partial charge >= 0.3 is 0 Å². The lowest BCUT2D eigenvalue weighted by atomic mass is 9.77. The Hall–Kier alpha value is -0.0800. The number of hydrogen-bond donors (Lipinski definition) is 1. The molecule has 0 aromatic heterocycles. The minimum atomic E-state index is 0.469. The maximum Gasteiger partial charge on any atom is 0.0218 e. The smallest absolute Gasteiger partial charge is 0.0218 e. The lowest BCUT2D eigenvalue weighted by Gasteiger charge is -2.32. The third kappa shape index (κ3) is 5.83. The van der Waals surface area contributed by atoms with E-state index in [1.807, 2.05) is 0 Å². The van der Waals surface area contributed by atoms with Crippen molar-refractivity contribution in [2.24, 2.45) is 17.1 Å². The number of rotatable bonds is 6. The van der Waals surface area contributed by atoms with E-state index in [-0.39, 0.29) is 0 Å². The van der Waals surface area contributed by atoms with E-state index in [1.54, 1.807) is 0 Å². The molecule has 2 heteroatoms. The van der Waals surface area contributed by atoms with Gasteiger partial charge in [-0.05, 0) is 50.1 Å². The Balaban J connectivity index is 2.45. The quantitative estimate of drug-likeness (QED) is 0.737. The second-order valence-corrected chi connectivity index (χ2v) is 7.42. The van der Waals surface area contributed by atoms with Gasteiger partial charge in [0.05, 0.1) is 0 Å². The Labute approximate surface area is 121 Å². The van der Waals surface area contributed by atoms with Crippen LogP contribution in [0.5, 0.6) is 0 Å². The van der Waals surface area contributed by atoms with Crippen LogP contribution in [0, 0.1) is 11.3 Å². The standard InChI is InChI=1S/C17H36N2/c1-5-6-7-10-16(14-18)19-12-8-9-15(11-13-19)17(2,3)4/h15-16H,5-14,18H2,1-4H3. The molecule has 0 aliphatic carbocycles. The van der Waals surface area contributed by atoms with Crippen molar-refractivity contribution in [3.05, 3.63) is 0 Å². The van der Waals surface area contributed by atoms with Gasteiger partial charge in [-0.2, -0.15) is 0 Å². The van der Waals surface area contributed by atoms with E-state index in [1.165, 1.54) is 58.0 Å². The minimum Gasteiger partial charge on any atom is -0.329 e. The molecule has 19 heavy (non-hydrogen) atoms. The first-order valence-corrected chi connectivity index (χ1v) is 8.43. The first kappa shape index (κ1) is 17.0. The van der Waals surface area contributed by atoms with E-state index < -0.39 is 0 Å². The van der Waals surface area contributed by atoms with Crippen molar-refractivity contribution < 1.29 is 0 Å². The average Bonchev–Trinajstić information content (AvgIpc) is 2.60. The number of likely N-dealkylation sites (tertiary alicyclic amines) is 1. The van der Waals surface area contributed by atoms with Crippen LogP contribution in [-0.2, 0) is 0 Å². The summed E-state index contributed by atoms with van der Waals surface area (Å²) in [5, 5.41) is 0. The van der Waals surface area contributed by atoms with Gasteiger partial charge < -0.3 is 5.73 Å². The van der Waals surface area contributed by atoms with Crippen LogP contribution in [0.1, 0.15) is 72.6 Å². The first-order valence-electron chi connectivity index (χ1n) is 8.43. The average molecular weight is 268 g/mol. The summed E-state index contributed by atoms with van der Waals surface area (Å²) in [5.41, 5.74) is 6.48.